The predicted molar refractivity (Wildman–Crippen MR) is 80.3 cm³/mol. The fraction of sp³-hybridized carbons (Fsp3) is 0.786. The number of hydrogen-bond acceptors (Lipinski definition) is 5. The van der Waals surface area contributed by atoms with E-state index in [1.165, 1.54) is 0 Å². The molecule has 0 fully saturated rings. The first-order chi connectivity index (χ1) is 9.31. The number of esters is 1. The minimum atomic E-state index is -2.60. The van der Waals surface area contributed by atoms with Crippen molar-refractivity contribution < 1.29 is 22.8 Å². The molecule has 1 unspecified atom stereocenters. The summed E-state index contributed by atoms with van der Waals surface area (Å²) >= 11 is 0. The van der Waals surface area contributed by atoms with Crippen LogP contribution in [0.3, 0.4) is 0 Å². The Hall–Kier alpha value is -0.693. The summed E-state index contributed by atoms with van der Waals surface area (Å²) in [5.74, 6) is 0.381. The Morgan fingerprint density at radius 1 is 1.15 bits per heavy atom. The summed E-state index contributed by atoms with van der Waals surface area (Å²) in [5.41, 5.74) is 0.417. The second-order valence-corrected chi connectivity index (χ2v) is 8.21. The molecule has 0 radical (unpaired) electrons. The Morgan fingerprint density at radius 3 is 2.00 bits per heavy atom. The largest absolute Gasteiger partial charge is 0.500 e. The predicted octanol–water partition coefficient (Wildman–Crippen LogP) is 2.65. The van der Waals surface area contributed by atoms with Gasteiger partial charge < -0.3 is 18.0 Å². The molecule has 0 aromatic rings. The first-order valence-corrected chi connectivity index (χ1v) is 8.73. The van der Waals surface area contributed by atoms with Crippen LogP contribution in [0.15, 0.2) is 12.2 Å². The van der Waals surface area contributed by atoms with E-state index in [0.717, 1.165) is 6.42 Å². The lowest BCUT2D eigenvalue weighted by molar-refractivity contribution is -0.139. The number of hydrogen-bond donors (Lipinski definition) is 0. The molecular formula is C14H28O5Si. The van der Waals surface area contributed by atoms with Crippen LogP contribution in [0.2, 0.25) is 6.04 Å². The van der Waals surface area contributed by atoms with Gasteiger partial charge in [0.05, 0.1) is 6.61 Å². The van der Waals surface area contributed by atoms with Gasteiger partial charge in [-0.1, -0.05) is 20.4 Å². The maximum absolute atomic E-state index is 11.4. The molecule has 1 atom stereocenters. The van der Waals surface area contributed by atoms with Gasteiger partial charge in [-0.25, -0.2) is 4.79 Å². The first kappa shape index (κ1) is 19.3. The molecule has 0 heterocycles. The summed E-state index contributed by atoms with van der Waals surface area (Å²) in [4.78, 5) is 11.4. The molecule has 20 heavy (non-hydrogen) atoms. The highest BCUT2D eigenvalue weighted by Gasteiger charge is 2.41. The molecule has 0 aliphatic rings. The molecule has 0 aliphatic carbocycles. The van der Waals surface area contributed by atoms with Crippen molar-refractivity contribution in [2.75, 3.05) is 27.9 Å². The molecule has 0 amide bonds. The summed E-state index contributed by atoms with van der Waals surface area (Å²) in [5, 5.41) is 0. The van der Waals surface area contributed by atoms with Gasteiger partial charge in [0.2, 0.25) is 0 Å². The van der Waals surface area contributed by atoms with Gasteiger partial charge >= 0.3 is 14.8 Å². The van der Waals surface area contributed by atoms with Crippen molar-refractivity contribution in [2.24, 2.45) is 11.8 Å². The molecule has 0 aromatic carbocycles. The molecule has 5 nitrogen and oxygen atoms in total. The smallest absolute Gasteiger partial charge is 0.462 e. The van der Waals surface area contributed by atoms with E-state index in [4.69, 9.17) is 18.0 Å². The molecule has 0 saturated carbocycles. The highest BCUT2D eigenvalue weighted by Crippen LogP contribution is 2.27. The quantitative estimate of drug-likeness (QED) is 0.353. The Balaban J connectivity index is 4.51. The third-order valence-corrected chi connectivity index (χ3v) is 6.35. The standard InChI is InChI=1S/C14H28O5Si/c1-11(2)13(8-9-19-14(15)12(3)4)10-20(16-5,17-6)18-7/h11,13H,3,8-10H2,1-2,4-7H3. The second kappa shape index (κ2) is 9.28. The molecule has 0 aromatic heterocycles. The molecule has 6 heteroatoms. The lowest BCUT2D eigenvalue weighted by Crippen LogP contribution is -2.45. The van der Waals surface area contributed by atoms with Gasteiger partial charge in [-0.2, -0.15) is 0 Å². The molecule has 0 aliphatic heterocycles. The lowest BCUT2D eigenvalue weighted by Gasteiger charge is -2.30. The van der Waals surface area contributed by atoms with Gasteiger partial charge in [0.1, 0.15) is 0 Å². The second-order valence-electron chi connectivity index (χ2n) is 5.21. The van der Waals surface area contributed by atoms with Crippen LogP contribution in [-0.4, -0.2) is 42.7 Å². The zero-order valence-corrected chi connectivity index (χ0v) is 14.5. The SMILES string of the molecule is C=C(C)C(=O)OCCC(C[Si](OC)(OC)OC)C(C)C. The molecule has 0 saturated heterocycles. The van der Waals surface area contributed by atoms with E-state index in [9.17, 15) is 4.79 Å². The highest BCUT2D eigenvalue weighted by molar-refractivity contribution is 6.60. The maximum Gasteiger partial charge on any atom is 0.500 e. The number of ether oxygens (including phenoxy) is 1. The third kappa shape index (κ3) is 6.17. The van der Waals surface area contributed by atoms with Gasteiger partial charge in [0, 0.05) is 32.9 Å². The van der Waals surface area contributed by atoms with E-state index in [1.807, 2.05) is 0 Å². The summed E-state index contributed by atoms with van der Waals surface area (Å²) in [6, 6.07) is 0.707. The zero-order valence-electron chi connectivity index (χ0n) is 13.5. The van der Waals surface area contributed by atoms with Crippen molar-refractivity contribution in [3.63, 3.8) is 0 Å². The summed E-state index contributed by atoms with van der Waals surface area (Å²) in [6.07, 6.45) is 0.752. The minimum absolute atomic E-state index is 0.305. The van der Waals surface area contributed by atoms with Crippen LogP contribution in [0.5, 0.6) is 0 Å². The molecule has 0 N–H and O–H groups in total. The number of carbonyl (C=O) groups is 1. The van der Waals surface area contributed by atoms with Gasteiger partial charge in [-0.15, -0.1) is 0 Å². The summed E-state index contributed by atoms with van der Waals surface area (Å²) in [6.45, 7) is 9.83. The third-order valence-electron chi connectivity index (χ3n) is 3.46. The Bertz CT molecular complexity index is 304. The molecule has 118 valence electrons. The average molecular weight is 304 g/mol. The fourth-order valence-corrected chi connectivity index (χ4v) is 4.24. The van der Waals surface area contributed by atoms with Crippen molar-refractivity contribution >= 4 is 14.8 Å². The average Bonchev–Trinajstić information content (AvgIpc) is 2.42. The van der Waals surface area contributed by atoms with Crippen LogP contribution in [-0.2, 0) is 22.8 Å². The Labute approximate surface area is 123 Å². The van der Waals surface area contributed by atoms with Crippen LogP contribution in [0, 0.1) is 11.8 Å². The number of carbonyl (C=O) groups excluding carboxylic acids is 1. The van der Waals surface area contributed by atoms with E-state index >= 15 is 0 Å². The maximum atomic E-state index is 11.4. The summed E-state index contributed by atoms with van der Waals surface area (Å²) < 4.78 is 21.5. The van der Waals surface area contributed by atoms with Crippen molar-refractivity contribution in [3.8, 4) is 0 Å². The van der Waals surface area contributed by atoms with Crippen molar-refractivity contribution in [1.29, 1.82) is 0 Å². The zero-order chi connectivity index (χ0) is 15.8. The highest BCUT2D eigenvalue weighted by atomic mass is 28.4. The van der Waals surface area contributed by atoms with Crippen LogP contribution < -0.4 is 0 Å². The first-order valence-electron chi connectivity index (χ1n) is 6.80. The Morgan fingerprint density at radius 2 is 1.65 bits per heavy atom. The lowest BCUT2D eigenvalue weighted by atomic mass is 9.95. The van der Waals surface area contributed by atoms with Crippen LogP contribution in [0.4, 0.5) is 0 Å². The van der Waals surface area contributed by atoms with Gasteiger partial charge in [-0.05, 0) is 25.2 Å². The number of rotatable bonds is 10. The Kier molecular flexibility index (Phi) is 8.96. The van der Waals surface area contributed by atoms with Gasteiger partial charge in [-0.3, -0.25) is 0 Å². The van der Waals surface area contributed by atoms with E-state index in [0.29, 0.717) is 30.1 Å². The van der Waals surface area contributed by atoms with E-state index in [-0.39, 0.29) is 5.97 Å². The fourth-order valence-electron chi connectivity index (χ4n) is 1.92. The van der Waals surface area contributed by atoms with E-state index in [2.05, 4.69) is 20.4 Å². The van der Waals surface area contributed by atoms with Crippen LogP contribution in [0.1, 0.15) is 27.2 Å². The van der Waals surface area contributed by atoms with Gasteiger partial charge in [0.25, 0.3) is 0 Å². The van der Waals surface area contributed by atoms with Crippen LogP contribution in [0.25, 0.3) is 0 Å². The molecule has 0 spiro atoms. The van der Waals surface area contributed by atoms with Crippen molar-refractivity contribution in [2.45, 2.75) is 33.2 Å². The molecule has 0 bridgehead atoms. The summed E-state index contributed by atoms with van der Waals surface area (Å²) in [7, 11) is 2.23. The molecular weight excluding hydrogens is 276 g/mol. The molecule has 0 rings (SSSR count). The normalized spacial score (nSPS) is 13.3. The van der Waals surface area contributed by atoms with Gasteiger partial charge in [0.15, 0.2) is 0 Å². The minimum Gasteiger partial charge on any atom is -0.462 e. The van der Waals surface area contributed by atoms with E-state index < -0.39 is 8.80 Å². The van der Waals surface area contributed by atoms with Crippen molar-refractivity contribution in [1.82, 2.24) is 0 Å². The topological polar surface area (TPSA) is 54.0 Å². The van der Waals surface area contributed by atoms with E-state index in [1.54, 1.807) is 28.3 Å². The van der Waals surface area contributed by atoms with Crippen LogP contribution >= 0.6 is 0 Å². The van der Waals surface area contributed by atoms with Crippen molar-refractivity contribution in [3.05, 3.63) is 12.2 Å². The monoisotopic (exact) mass is 304 g/mol.